The summed E-state index contributed by atoms with van der Waals surface area (Å²) >= 11 is 5.29. The number of aromatic nitrogens is 1. The van der Waals surface area contributed by atoms with E-state index in [0.717, 1.165) is 23.9 Å². The highest BCUT2D eigenvalue weighted by molar-refractivity contribution is 7.80. The fourth-order valence-corrected chi connectivity index (χ4v) is 2.94. The Morgan fingerprint density at radius 2 is 2.08 bits per heavy atom. The number of fused-ring (bicyclic) bond motifs is 1. The number of hydrogen-bond donors (Lipinski definition) is 2. The monoisotopic (exact) mass is 367 g/mol. The average Bonchev–Trinajstić information content (AvgIpc) is 3.07. The van der Waals surface area contributed by atoms with Crippen LogP contribution in [0.5, 0.6) is 0 Å². The minimum absolute atomic E-state index is 0.202. The number of thiocarbonyl (C=S) groups is 1. The first-order valence-electron chi connectivity index (χ1n) is 8.71. The van der Waals surface area contributed by atoms with E-state index in [2.05, 4.69) is 28.6 Å². The van der Waals surface area contributed by atoms with Gasteiger partial charge in [0.2, 0.25) is 0 Å². The molecule has 0 bridgehead atoms. The molecule has 3 aromatic rings. The van der Waals surface area contributed by atoms with Crippen LogP contribution in [0.2, 0.25) is 0 Å². The van der Waals surface area contributed by atoms with Gasteiger partial charge in [-0.3, -0.25) is 15.1 Å². The number of rotatable bonds is 6. The van der Waals surface area contributed by atoms with E-state index in [9.17, 15) is 4.79 Å². The van der Waals surface area contributed by atoms with E-state index in [4.69, 9.17) is 16.6 Å². The number of carbonyl (C=O) groups excluding carboxylic acids is 1. The number of aryl methyl sites for hydroxylation is 1. The van der Waals surface area contributed by atoms with Crippen LogP contribution in [-0.2, 0) is 6.42 Å². The Morgan fingerprint density at radius 1 is 1.23 bits per heavy atom. The van der Waals surface area contributed by atoms with Crippen molar-refractivity contribution in [3.63, 3.8) is 0 Å². The molecule has 0 saturated carbocycles. The summed E-state index contributed by atoms with van der Waals surface area (Å²) in [4.78, 5) is 16.3. The fraction of sp³-hybridized carbons (Fsp3) is 0.250. The van der Waals surface area contributed by atoms with Crippen molar-refractivity contribution < 1.29 is 9.21 Å². The van der Waals surface area contributed by atoms with E-state index in [1.54, 1.807) is 24.5 Å². The van der Waals surface area contributed by atoms with Gasteiger partial charge in [-0.05, 0) is 48.8 Å². The number of hydrogen-bond acceptors (Lipinski definition) is 4. The Bertz CT molecular complexity index is 887. The Morgan fingerprint density at radius 3 is 2.88 bits per heavy atom. The molecule has 0 spiro atoms. The minimum atomic E-state index is -0.387. The van der Waals surface area contributed by atoms with Crippen LogP contribution < -0.4 is 10.6 Å². The number of benzene rings is 1. The molecular weight excluding hydrogens is 346 g/mol. The first-order valence-corrected chi connectivity index (χ1v) is 9.12. The van der Waals surface area contributed by atoms with Crippen LogP contribution in [0.25, 0.3) is 11.0 Å². The molecule has 2 N–H and O–H groups in total. The van der Waals surface area contributed by atoms with Gasteiger partial charge in [0.1, 0.15) is 0 Å². The number of nitrogens with zero attached hydrogens (tertiary/aromatic N) is 1. The van der Waals surface area contributed by atoms with Gasteiger partial charge in [-0.15, -0.1) is 0 Å². The van der Waals surface area contributed by atoms with Crippen LogP contribution in [0.4, 0.5) is 5.69 Å². The van der Waals surface area contributed by atoms with Crippen molar-refractivity contribution in [1.29, 1.82) is 0 Å². The van der Waals surface area contributed by atoms with E-state index >= 15 is 0 Å². The second-order valence-electron chi connectivity index (χ2n) is 6.05. The lowest BCUT2D eigenvalue weighted by molar-refractivity contribution is 0.0953. The average molecular weight is 367 g/mol. The zero-order valence-electron chi connectivity index (χ0n) is 14.6. The fourth-order valence-electron chi connectivity index (χ4n) is 2.74. The van der Waals surface area contributed by atoms with Crippen molar-refractivity contribution in [3.05, 3.63) is 60.1 Å². The smallest absolute Gasteiger partial charge is 0.293 e. The molecule has 1 aromatic carbocycles. The molecule has 2 heterocycles. The molecule has 0 aliphatic rings. The molecule has 0 saturated heterocycles. The van der Waals surface area contributed by atoms with E-state index in [1.165, 1.54) is 18.4 Å². The molecule has 2 aromatic heterocycles. The number of para-hydroxylation sites is 1. The van der Waals surface area contributed by atoms with Gasteiger partial charge in [0.15, 0.2) is 16.5 Å². The first-order chi connectivity index (χ1) is 12.7. The Kier molecular flexibility index (Phi) is 5.96. The molecule has 0 unspecified atom stereocenters. The van der Waals surface area contributed by atoms with Crippen molar-refractivity contribution in [2.75, 3.05) is 5.32 Å². The first kappa shape index (κ1) is 18.1. The summed E-state index contributed by atoms with van der Waals surface area (Å²) in [7, 11) is 0. The Labute approximate surface area is 157 Å². The normalized spacial score (nSPS) is 10.7. The molecule has 134 valence electrons. The van der Waals surface area contributed by atoms with E-state index in [-0.39, 0.29) is 16.8 Å². The summed E-state index contributed by atoms with van der Waals surface area (Å²) in [5.74, 6) is -0.185. The van der Waals surface area contributed by atoms with Gasteiger partial charge < -0.3 is 9.73 Å². The van der Waals surface area contributed by atoms with Crippen molar-refractivity contribution in [2.45, 2.75) is 32.6 Å². The zero-order chi connectivity index (χ0) is 18.4. The molecule has 0 fully saturated rings. The van der Waals surface area contributed by atoms with Crippen molar-refractivity contribution in [2.24, 2.45) is 0 Å². The third-order valence-electron chi connectivity index (χ3n) is 4.09. The summed E-state index contributed by atoms with van der Waals surface area (Å²) in [6.45, 7) is 2.18. The van der Waals surface area contributed by atoms with Crippen LogP contribution in [0, 0.1) is 0 Å². The largest absolute Gasteiger partial charge is 0.449 e. The third-order valence-corrected chi connectivity index (χ3v) is 4.29. The highest BCUT2D eigenvalue weighted by Gasteiger charge is 2.14. The second kappa shape index (κ2) is 8.58. The predicted octanol–water partition coefficient (Wildman–Crippen LogP) is 4.69. The van der Waals surface area contributed by atoms with Crippen LogP contribution in [0.3, 0.4) is 0 Å². The molecule has 5 nitrogen and oxygen atoms in total. The lowest BCUT2D eigenvalue weighted by Crippen LogP contribution is -2.34. The summed E-state index contributed by atoms with van der Waals surface area (Å²) < 4.78 is 5.51. The molecule has 6 heteroatoms. The van der Waals surface area contributed by atoms with Gasteiger partial charge in [0, 0.05) is 17.3 Å². The predicted molar refractivity (Wildman–Crippen MR) is 107 cm³/mol. The van der Waals surface area contributed by atoms with Crippen molar-refractivity contribution in [3.8, 4) is 0 Å². The van der Waals surface area contributed by atoms with Gasteiger partial charge in [-0.2, -0.15) is 0 Å². The zero-order valence-corrected chi connectivity index (χ0v) is 15.4. The third kappa shape index (κ3) is 4.46. The molecule has 0 aliphatic carbocycles. The number of anilines is 1. The molecule has 0 aliphatic heterocycles. The number of unbranched alkanes of at least 4 members (excludes halogenated alkanes) is 2. The number of nitrogens with one attached hydrogen (secondary N) is 2. The summed E-state index contributed by atoms with van der Waals surface area (Å²) in [5, 5.41) is 6.86. The van der Waals surface area contributed by atoms with E-state index in [1.807, 2.05) is 18.2 Å². The lowest BCUT2D eigenvalue weighted by Gasteiger charge is -2.13. The topological polar surface area (TPSA) is 67.2 Å². The number of carbonyl (C=O) groups is 1. The SMILES string of the molecule is CCCCCc1ccccc1NC(=S)NC(=O)c1cc2ccncc2o1. The Hall–Kier alpha value is -2.73. The highest BCUT2D eigenvalue weighted by Crippen LogP contribution is 2.19. The van der Waals surface area contributed by atoms with Crippen molar-refractivity contribution >= 4 is 39.9 Å². The van der Waals surface area contributed by atoms with E-state index < -0.39 is 0 Å². The second-order valence-corrected chi connectivity index (χ2v) is 6.45. The van der Waals surface area contributed by atoms with Crippen LogP contribution in [0.1, 0.15) is 42.3 Å². The molecule has 26 heavy (non-hydrogen) atoms. The Balaban J connectivity index is 1.64. The van der Waals surface area contributed by atoms with E-state index in [0.29, 0.717) is 5.58 Å². The van der Waals surface area contributed by atoms with Gasteiger partial charge in [0.25, 0.3) is 5.91 Å². The quantitative estimate of drug-likeness (QED) is 0.489. The van der Waals surface area contributed by atoms with Gasteiger partial charge in [-0.1, -0.05) is 38.0 Å². The van der Waals surface area contributed by atoms with Gasteiger partial charge in [-0.25, -0.2) is 0 Å². The number of amides is 1. The molecule has 1 amide bonds. The highest BCUT2D eigenvalue weighted by atomic mass is 32.1. The molecule has 3 rings (SSSR count). The number of pyridine rings is 1. The molecule has 0 atom stereocenters. The number of furan rings is 1. The lowest BCUT2D eigenvalue weighted by atomic mass is 10.1. The maximum Gasteiger partial charge on any atom is 0.293 e. The molecule has 0 radical (unpaired) electrons. The summed E-state index contributed by atoms with van der Waals surface area (Å²) in [6, 6.07) is 11.5. The van der Waals surface area contributed by atoms with Crippen LogP contribution in [0.15, 0.2) is 53.2 Å². The standard InChI is InChI=1S/C20H21N3O2S/c1-2-3-4-7-14-8-5-6-9-16(14)22-20(26)23-19(24)17-12-15-10-11-21-13-18(15)25-17/h5-6,8-13H,2-4,7H2,1H3,(H2,22,23,24,26). The molecular formula is C20H21N3O2S. The van der Waals surface area contributed by atoms with Gasteiger partial charge >= 0.3 is 0 Å². The van der Waals surface area contributed by atoms with Gasteiger partial charge in [0.05, 0.1) is 6.20 Å². The van der Waals surface area contributed by atoms with Crippen molar-refractivity contribution in [1.82, 2.24) is 10.3 Å². The van der Waals surface area contributed by atoms with Crippen LogP contribution in [-0.4, -0.2) is 16.0 Å². The maximum absolute atomic E-state index is 12.4. The van der Waals surface area contributed by atoms with Crippen LogP contribution >= 0.6 is 12.2 Å². The summed E-state index contributed by atoms with van der Waals surface area (Å²) in [5.41, 5.74) is 2.67. The minimum Gasteiger partial charge on any atom is -0.449 e. The maximum atomic E-state index is 12.4. The summed E-state index contributed by atoms with van der Waals surface area (Å²) in [6.07, 6.45) is 7.70.